The first kappa shape index (κ1) is 11.5. The number of hydrogen-bond acceptors (Lipinski definition) is 3. The fourth-order valence-electron chi connectivity index (χ4n) is 3.17. The summed E-state index contributed by atoms with van der Waals surface area (Å²) in [6, 6.07) is 0. The average molecular weight is 244 g/mol. The van der Waals surface area contributed by atoms with E-state index < -0.39 is 0 Å². The van der Waals surface area contributed by atoms with Crippen LogP contribution >= 0.6 is 0 Å². The molecule has 0 aromatic carbocycles. The SMILES string of the molecule is CC1=CC(=O)C2=C(C)C[C@@H]3OC(=O)[C@H](C)[C@H]3C=C12. The number of carbonyl (C=O) groups excluding carboxylic acids is 2. The van der Waals surface area contributed by atoms with E-state index in [1.54, 1.807) is 6.08 Å². The number of esters is 1. The van der Waals surface area contributed by atoms with E-state index in [2.05, 4.69) is 6.08 Å². The van der Waals surface area contributed by atoms with Crippen molar-refractivity contribution in [2.75, 3.05) is 0 Å². The van der Waals surface area contributed by atoms with Gasteiger partial charge in [-0.3, -0.25) is 9.59 Å². The van der Waals surface area contributed by atoms with Gasteiger partial charge >= 0.3 is 5.97 Å². The highest BCUT2D eigenvalue weighted by Crippen LogP contribution is 2.42. The highest BCUT2D eigenvalue weighted by atomic mass is 16.6. The second kappa shape index (κ2) is 3.67. The molecule has 0 amide bonds. The third-order valence-electron chi connectivity index (χ3n) is 4.23. The number of ketones is 1. The second-order valence-corrected chi connectivity index (χ2v) is 5.47. The maximum atomic E-state index is 12.0. The van der Waals surface area contributed by atoms with E-state index in [1.807, 2.05) is 20.8 Å². The number of fused-ring (bicyclic) bond motifs is 2. The van der Waals surface area contributed by atoms with Gasteiger partial charge in [-0.05, 0) is 31.1 Å². The van der Waals surface area contributed by atoms with Crippen LogP contribution in [-0.4, -0.2) is 17.9 Å². The molecule has 18 heavy (non-hydrogen) atoms. The van der Waals surface area contributed by atoms with Crippen molar-refractivity contribution in [3.05, 3.63) is 34.4 Å². The van der Waals surface area contributed by atoms with Gasteiger partial charge in [-0.25, -0.2) is 0 Å². The number of ether oxygens (including phenoxy) is 1. The maximum Gasteiger partial charge on any atom is 0.309 e. The van der Waals surface area contributed by atoms with Gasteiger partial charge in [0.2, 0.25) is 0 Å². The van der Waals surface area contributed by atoms with Crippen LogP contribution in [0.1, 0.15) is 27.2 Å². The molecule has 1 aliphatic heterocycles. The molecule has 3 atom stereocenters. The lowest BCUT2D eigenvalue weighted by Crippen LogP contribution is -2.17. The van der Waals surface area contributed by atoms with Crippen LogP contribution in [-0.2, 0) is 14.3 Å². The van der Waals surface area contributed by atoms with Crippen molar-refractivity contribution in [1.29, 1.82) is 0 Å². The molecule has 0 aromatic heterocycles. The molecule has 0 bridgehead atoms. The van der Waals surface area contributed by atoms with Gasteiger partial charge in [0.15, 0.2) is 5.78 Å². The van der Waals surface area contributed by atoms with Crippen molar-refractivity contribution >= 4 is 11.8 Å². The fourth-order valence-corrected chi connectivity index (χ4v) is 3.17. The van der Waals surface area contributed by atoms with E-state index in [9.17, 15) is 9.59 Å². The van der Waals surface area contributed by atoms with Crippen LogP contribution in [0.3, 0.4) is 0 Å². The largest absolute Gasteiger partial charge is 0.461 e. The van der Waals surface area contributed by atoms with Gasteiger partial charge in [-0.15, -0.1) is 0 Å². The van der Waals surface area contributed by atoms with Gasteiger partial charge in [0.05, 0.1) is 5.92 Å². The lowest BCUT2D eigenvalue weighted by atomic mass is 9.89. The Kier molecular flexibility index (Phi) is 2.34. The summed E-state index contributed by atoms with van der Waals surface area (Å²) < 4.78 is 5.42. The molecule has 0 aromatic rings. The number of hydrogen-bond donors (Lipinski definition) is 0. The standard InChI is InChI=1S/C15H16O3/c1-7-4-12(16)14-8(2)5-13-11(6-10(7)14)9(3)15(17)18-13/h4,6,9,11,13H,5H2,1-3H3/t9-,11-,13+/m1/s1. The summed E-state index contributed by atoms with van der Waals surface area (Å²) >= 11 is 0. The minimum absolute atomic E-state index is 0.0919. The van der Waals surface area contributed by atoms with Crippen LogP contribution in [0, 0.1) is 11.8 Å². The third kappa shape index (κ3) is 1.43. The van der Waals surface area contributed by atoms with Crippen LogP contribution in [0.25, 0.3) is 0 Å². The van der Waals surface area contributed by atoms with Crippen molar-refractivity contribution < 1.29 is 14.3 Å². The van der Waals surface area contributed by atoms with Gasteiger partial charge in [0.25, 0.3) is 0 Å². The Balaban J connectivity index is 2.11. The Labute approximate surface area is 106 Å². The van der Waals surface area contributed by atoms with E-state index in [1.165, 1.54) is 0 Å². The number of rotatable bonds is 0. The molecule has 2 aliphatic carbocycles. The molecule has 0 unspecified atom stereocenters. The van der Waals surface area contributed by atoms with E-state index in [0.717, 1.165) is 22.3 Å². The summed E-state index contributed by atoms with van der Waals surface area (Å²) in [7, 11) is 0. The Bertz CT molecular complexity index is 548. The molecule has 3 heteroatoms. The zero-order valence-corrected chi connectivity index (χ0v) is 10.8. The number of carbonyl (C=O) groups is 2. The van der Waals surface area contributed by atoms with Crippen molar-refractivity contribution in [2.24, 2.45) is 11.8 Å². The monoisotopic (exact) mass is 244 g/mol. The van der Waals surface area contributed by atoms with Crippen LogP contribution in [0.5, 0.6) is 0 Å². The highest BCUT2D eigenvalue weighted by molar-refractivity contribution is 6.13. The summed E-state index contributed by atoms with van der Waals surface area (Å²) in [5.74, 6) is -0.0494. The van der Waals surface area contributed by atoms with Crippen molar-refractivity contribution in [1.82, 2.24) is 0 Å². The molecule has 3 nitrogen and oxygen atoms in total. The second-order valence-electron chi connectivity index (χ2n) is 5.47. The number of allylic oxidation sites excluding steroid dienone is 4. The molecule has 1 saturated heterocycles. The first-order valence-corrected chi connectivity index (χ1v) is 6.34. The molecule has 0 N–H and O–H groups in total. The lowest BCUT2D eigenvalue weighted by Gasteiger charge is -2.14. The topological polar surface area (TPSA) is 43.4 Å². The molecule has 3 aliphatic rings. The normalized spacial score (nSPS) is 34.7. The van der Waals surface area contributed by atoms with E-state index >= 15 is 0 Å². The Morgan fingerprint density at radius 3 is 2.72 bits per heavy atom. The first-order valence-electron chi connectivity index (χ1n) is 6.34. The third-order valence-corrected chi connectivity index (χ3v) is 4.23. The lowest BCUT2D eigenvalue weighted by molar-refractivity contribution is -0.143. The van der Waals surface area contributed by atoms with Gasteiger partial charge in [0, 0.05) is 17.9 Å². The van der Waals surface area contributed by atoms with Crippen molar-refractivity contribution in [3.63, 3.8) is 0 Å². The zero-order valence-electron chi connectivity index (χ0n) is 10.8. The highest BCUT2D eigenvalue weighted by Gasteiger charge is 2.43. The van der Waals surface area contributed by atoms with Gasteiger partial charge < -0.3 is 4.74 Å². The summed E-state index contributed by atoms with van der Waals surface area (Å²) in [6.45, 7) is 5.82. The van der Waals surface area contributed by atoms with E-state index in [-0.39, 0.29) is 29.7 Å². The molecule has 1 fully saturated rings. The molecular formula is C15H16O3. The molecule has 0 radical (unpaired) electrons. The summed E-state index contributed by atoms with van der Waals surface area (Å²) in [5.41, 5.74) is 3.87. The minimum atomic E-state index is -0.121. The van der Waals surface area contributed by atoms with Crippen molar-refractivity contribution in [3.8, 4) is 0 Å². The quantitative estimate of drug-likeness (QED) is 0.614. The van der Waals surface area contributed by atoms with E-state index in [4.69, 9.17) is 4.74 Å². The van der Waals surface area contributed by atoms with Crippen LogP contribution in [0.2, 0.25) is 0 Å². The Morgan fingerprint density at radius 1 is 1.28 bits per heavy atom. The van der Waals surface area contributed by atoms with Gasteiger partial charge in [-0.2, -0.15) is 0 Å². The molecule has 1 heterocycles. The summed E-state index contributed by atoms with van der Waals surface area (Å²) in [6.07, 6.45) is 4.33. The van der Waals surface area contributed by atoms with Crippen LogP contribution in [0.4, 0.5) is 0 Å². The van der Waals surface area contributed by atoms with Gasteiger partial charge in [-0.1, -0.05) is 18.6 Å². The van der Waals surface area contributed by atoms with Crippen LogP contribution < -0.4 is 0 Å². The molecule has 94 valence electrons. The predicted octanol–water partition coefficient (Wildman–Crippen LogP) is 2.34. The van der Waals surface area contributed by atoms with Gasteiger partial charge in [0.1, 0.15) is 6.10 Å². The molecule has 0 saturated carbocycles. The van der Waals surface area contributed by atoms with E-state index in [0.29, 0.717) is 6.42 Å². The molecular weight excluding hydrogens is 228 g/mol. The Morgan fingerprint density at radius 2 is 2.00 bits per heavy atom. The minimum Gasteiger partial charge on any atom is -0.461 e. The predicted molar refractivity (Wildman–Crippen MR) is 66.7 cm³/mol. The maximum absolute atomic E-state index is 12.0. The molecule has 0 spiro atoms. The molecule has 3 rings (SSSR count). The van der Waals surface area contributed by atoms with Crippen molar-refractivity contribution in [2.45, 2.75) is 33.3 Å². The zero-order chi connectivity index (χ0) is 13.0. The fraction of sp³-hybridized carbons (Fsp3) is 0.467. The summed E-state index contributed by atoms with van der Waals surface area (Å²) in [4.78, 5) is 23.6. The Hall–Kier alpha value is -1.64. The smallest absolute Gasteiger partial charge is 0.309 e. The summed E-state index contributed by atoms with van der Waals surface area (Å²) in [5, 5.41) is 0. The van der Waals surface area contributed by atoms with Crippen LogP contribution in [0.15, 0.2) is 34.4 Å². The first-order chi connectivity index (χ1) is 8.49. The average Bonchev–Trinajstić information content (AvgIpc) is 2.65.